The Morgan fingerprint density at radius 3 is 2.44 bits per heavy atom. The average molecular weight is 242 g/mol. The van der Waals surface area contributed by atoms with E-state index in [2.05, 4.69) is 18.0 Å². The number of anilines is 1. The zero-order valence-electron chi connectivity index (χ0n) is 11.2. The van der Waals surface area contributed by atoms with Gasteiger partial charge >= 0.3 is 0 Å². The van der Waals surface area contributed by atoms with Gasteiger partial charge in [-0.05, 0) is 49.6 Å². The van der Waals surface area contributed by atoms with Gasteiger partial charge in [-0.15, -0.1) is 0 Å². The molecule has 0 spiro atoms. The number of rotatable bonds is 2. The van der Waals surface area contributed by atoms with Crippen LogP contribution in [0.1, 0.15) is 16.7 Å². The Bertz CT molecular complexity index is 591. The average Bonchev–Trinajstić information content (AvgIpc) is 2.36. The second-order valence-corrected chi connectivity index (χ2v) is 4.48. The van der Waals surface area contributed by atoms with Crippen LogP contribution in [0.4, 0.5) is 5.69 Å². The van der Waals surface area contributed by atoms with Gasteiger partial charge in [0, 0.05) is 11.8 Å². The number of aryl methyl sites for hydroxylation is 2. The molecule has 2 aromatic rings. The molecule has 0 aliphatic carbocycles. The minimum absolute atomic E-state index is 0.707. The first-order valence-corrected chi connectivity index (χ1v) is 5.92. The van der Waals surface area contributed by atoms with Crippen LogP contribution in [-0.4, -0.2) is 12.1 Å². The maximum Gasteiger partial charge on any atom is 0.131 e. The summed E-state index contributed by atoms with van der Waals surface area (Å²) < 4.78 is 5.51. The van der Waals surface area contributed by atoms with Gasteiger partial charge in [0.05, 0.1) is 18.5 Å². The van der Waals surface area contributed by atoms with Gasteiger partial charge in [-0.2, -0.15) is 0 Å². The van der Waals surface area contributed by atoms with Gasteiger partial charge in [0.2, 0.25) is 0 Å². The van der Waals surface area contributed by atoms with Crippen molar-refractivity contribution >= 4 is 5.69 Å². The van der Waals surface area contributed by atoms with Crippen LogP contribution in [0.5, 0.6) is 5.75 Å². The minimum atomic E-state index is 0.707. The highest BCUT2D eigenvalue weighted by Gasteiger charge is 2.14. The smallest absolute Gasteiger partial charge is 0.131 e. The molecule has 3 nitrogen and oxygen atoms in total. The van der Waals surface area contributed by atoms with Crippen LogP contribution in [0.25, 0.3) is 11.3 Å². The Labute approximate surface area is 108 Å². The molecular formula is C15H18N2O. The van der Waals surface area contributed by atoms with Gasteiger partial charge in [0.1, 0.15) is 5.75 Å². The second-order valence-electron chi connectivity index (χ2n) is 4.48. The van der Waals surface area contributed by atoms with Crippen LogP contribution in [0.3, 0.4) is 0 Å². The van der Waals surface area contributed by atoms with Crippen LogP contribution in [0.15, 0.2) is 24.4 Å². The van der Waals surface area contributed by atoms with Crippen molar-refractivity contribution in [3.05, 3.63) is 41.1 Å². The lowest BCUT2D eigenvalue weighted by Crippen LogP contribution is -2.00. The number of nitrogens with two attached hydrogens (primary N) is 1. The molecule has 94 valence electrons. The fourth-order valence-corrected chi connectivity index (χ4v) is 2.02. The number of methoxy groups -OCH3 is 1. The standard InChI is InChI=1S/C15H18N2O/c1-9-5-6-12(15(18-4)11(9)3)14-13(16)10(2)7-8-17-14/h5-8H,16H2,1-4H3. The van der Waals surface area contributed by atoms with Crippen LogP contribution < -0.4 is 10.5 Å². The number of hydrogen-bond donors (Lipinski definition) is 1. The third kappa shape index (κ3) is 1.92. The van der Waals surface area contributed by atoms with Crippen molar-refractivity contribution in [1.82, 2.24) is 4.98 Å². The topological polar surface area (TPSA) is 48.1 Å². The fourth-order valence-electron chi connectivity index (χ4n) is 2.02. The van der Waals surface area contributed by atoms with Crippen molar-refractivity contribution in [2.24, 2.45) is 0 Å². The third-order valence-electron chi connectivity index (χ3n) is 3.34. The van der Waals surface area contributed by atoms with E-state index < -0.39 is 0 Å². The summed E-state index contributed by atoms with van der Waals surface area (Å²) in [5.74, 6) is 0.847. The number of hydrogen-bond acceptors (Lipinski definition) is 3. The van der Waals surface area contributed by atoms with E-state index in [1.807, 2.05) is 26.0 Å². The predicted molar refractivity (Wildman–Crippen MR) is 74.8 cm³/mol. The number of ether oxygens (including phenoxy) is 1. The Morgan fingerprint density at radius 1 is 1.06 bits per heavy atom. The highest BCUT2D eigenvalue weighted by molar-refractivity contribution is 5.80. The molecule has 1 aromatic heterocycles. The van der Waals surface area contributed by atoms with Crippen LogP contribution in [0, 0.1) is 20.8 Å². The Kier molecular flexibility index (Phi) is 3.24. The maximum absolute atomic E-state index is 6.11. The van der Waals surface area contributed by atoms with Crippen molar-refractivity contribution in [1.29, 1.82) is 0 Å². The highest BCUT2D eigenvalue weighted by Crippen LogP contribution is 2.36. The molecule has 2 rings (SSSR count). The van der Waals surface area contributed by atoms with Crippen molar-refractivity contribution in [3.63, 3.8) is 0 Å². The zero-order valence-corrected chi connectivity index (χ0v) is 11.2. The van der Waals surface area contributed by atoms with Gasteiger partial charge in [0.15, 0.2) is 0 Å². The zero-order chi connectivity index (χ0) is 13.3. The Balaban J connectivity index is 2.72. The largest absolute Gasteiger partial charge is 0.496 e. The van der Waals surface area contributed by atoms with Crippen LogP contribution >= 0.6 is 0 Å². The Morgan fingerprint density at radius 2 is 1.78 bits per heavy atom. The fraction of sp³-hybridized carbons (Fsp3) is 0.267. The predicted octanol–water partition coefficient (Wildman–Crippen LogP) is 3.26. The number of pyridine rings is 1. The molecule has 0 bridgehead atoms. The summed E-state index contributed by atoms with van der Waals surface area (Å²) in [7, 11) is 1.68. The van der Waals surface area contributed by atoms with E-state index in [9.17, 15) is 0 Å². The summed E-state index contributed by atoms with van der Waals surface area (Å²) in [4.78, 5) is 4.38. The van der Waals surface area contributed by atoms with Gasteiger partial charge in [0.25, 0.3) is 0 Å². The molecule has 0 saturated carbocycles. The first-order valence-electron chi connectivity index (χ1n) is 5.92. The quantitative estimate of drug-likeness (QED) is 0.879. The second kappa shape index (κ2) is 4.69. The first kappa shape index (κ1) is 12.4. The number of nitrogens with zero attached hydrogens (tertiary/aromatic N) is 1. The van der Waals surface area contributed by atoms with Gasteiger partial charge in [-0.3, -0.25) is 4.98 Å². The molecular weight excluding hydrogens is 224 g/mol. The normalized spacial score (nSPS) is 10.4. The molecule has 1 aromatic carbocycles. The van der Waals surface area contributed by atoms with E-state index in [1.54, 1.807) is 13.3 Å². The summed E-state index contributed by atoms with van der Waals surface area (Å²) in [5.41, 5.74) is 11.9. The van der Waals surface area contributed by atoms with Crippen LogP contribution in [0.2, 0.25) is 0 Å². The summed E-state index contributed by atoms with van der Waals surface area (Å²) in [5, 5.41) is 0. The van der Waals surface area contributed by atoms with Gasteiger partial charge in [-0.25, -0.2) is 0 Å². The minimum Gasteiger partial charge on any atom is -0.496 e. The SMILES string of the molecule is COc1c(-c2nccc(C)c2N)ccc(C)c1C. The number of benzene rings is 1. The number of nitrogen functional groups attached to an aromatic ring is 1. The monoisotopic (exact) mass is 242 g/mol. The summed E-state index contributed by atoms with van der Waals surface area (Å²) in [6.45, 7) is 6.09. The van der Waals surface area contributed by atoms with E-state index in [1.165, 1.54) is 5.56 Å². The first-order chi connectivity index (χ1) is 8.56. The summed E-state index contributed by atoms with van der Waals surface area (Å²) in [6, 6.07) is 5.99. The molecule has 18 heavy (non-hydrogen) atoms. The van der Waals surface area contributed by atoms with E-state index in [-0.39, 0.29) is 0 Å². The molecule has 0 aliphatic rings. The molecule has 2 N–H and O–H groups in total. The molecule has 0 amide bonds. The lowest BCUT2D eigenvalue weighted by molar-refractivity contribution is 0.413. The Hall–Kier alpha value is -2.03. The third-order valence-corrected chi connectivity index (χ3v) is 3.34. The van der Waals surface area contributed by atoms with E-state index in [0.29, 0.717) is 5.69 Å². The summed E-state index contributed by atoms with van der Waals surface area (Å²) >= 11 is 0. The summed E-state index contributed by atoms with van der Waals surface area (Å²) in [6.07, 6.45) is 1.77. The van der Waals surface area contributed by atoms with Gasteiger partial charge in [-0.1, -0.05) is 6.07 Å². The maximum atomic E-state index is 6.11. The molecule has 0 aliphatic heterocycles. The van der Waals surface area contributed by atoms with E-state index in [4.69, 9.17) is 10.5 Å². The van der Waals surface area contributed by atoms with Crippen LogP contribution in [-0.2, 0) is 0 Å². The van der Waals surface area contributed by atoms with Crippen molar-refractivity contribution in [3.8, 4) is 17.0 Å². The van der Waals surface area contributed by atoms with E-state index in [0.717, 1.165) is 28.1 Å². The molecule has 0 fully saturated rings. The molecule has 0 unspecified atom stereocenters. The highest BCUT2D eigenvalue weighted by atomic mass is 16.5. The van der Waals surface area contributed by atoms with Crippen molar-refractivity contribution in [2.45, 2.75) is 20.8 Å². The number of aromatic nitrogens is 1. The molecule has 1 heterocycles. The molecule has 3 heteroatoms. The van der Waals surface area contributed by atoms with E-state index >= 15 is 0 Å². The molecule has 0 radical (unpaired) electrons. The lowest BCUT2D eigenvalue weighted by atomic mass is 10.00. The van der Waals surface area contributed by atoms with Crippen molar-refractivity contribution < 1.29 is 4.74 Å². The molecule has 0 saturated heterocycles. The van der Waals surface area contributed by atoms with Crippen molar-refractivity contribution in [2.75, 3.05) is 12.8 Å². The lowest BCUT2D eigenvalue weighted by Gasteiger charge is -2.15. The molecule has 0 atom stereocenters. The van der Waals surface area contributed by atoms with Gasteiger partial charge < -0.3 is 10.5 Å².